The van der Waals surface area contributed by atoms with E-state index in [1.165, 1.54) is 35.0 Å². The standard InChI is InChI=1S/C14H14FN3O4/c1-18-7-6-11(17-18)13(14(20)21)16-12(19)8-22-10-4-2-9(15)3-5-10/h2-7,13H,8H2,1H3,(H,16,19)(H,20,21). The summed E-state index contributed by atoms with van der Waals surface area (Å²) in [5.41, 5.74) is 0.213. The average molecular weight is 307 g/mol. The zero-order valence-corrected chi connectivity index (χ0v) is 11.7. The second-order valence-corrected chi connectivity index (χ2v) is 4.50. The molecular weight excluding hydrogens is 293 g/mol. The topological polar surface area (TPSA) is 93.5 Å². The van der Waals surface area contributed by atoms with E-state index in [0.717, 1.165) is 0 Å². The van der Waals surface area contributed by atoms with E-state index in [9.17, 15) is 14.0 Å². The summed E-state index contributed by atoms with van der Waals surface area (Å²) in [7, 11) is 1.64. The van der Waals surface area contributed by atoms with Gasteiger partial charge in [0, 0.05) is 13.2 Å². The van der Waals surface area contributed by atoms with Gasteiger partial charge in [0.2, 0.25) is 0 Å². The van der Waals surface area contributed by atoms with Crippen molar-refractivity contribution >= 4 is 11.9 Å². The summed E-state index contributed by atoms with van der Waals surface area (Å²) in [6.45, 7) is -0.387. The number of ether oxygens (including phenoxy) is 1. The first-order valence-corrected chi connectivity index (χ1v) is 6.36. The summed E-state index contributed by atoms with van der Waals surface area (Å²) >= 11 is 0. The van der Waals surface area contributed by atoms with E-state index in [0.29, 0.717) is 5.75 Å². The van der Waals surface area contributed by atoms with Crippen molar-refractivity contribution in [3.63, 3.8) is 0 Å². The number of amides is 1. The van der Waals surface area contributed by atoms with E-state index in [2.05, 4.69) is 10.4 Å². The number of nitrogens with zero attached hydrogens (tertiary/aromatic N) is 2. The summed E-state index contributed by atoms with van der Waals surface area (Å²) in [6.07, 6.45) is 1.58. The molecule has 1 heterocycles. The van der Waals surface area contributed by atoms with Crippen LogP contribution in [0, 0.1) is 5.82 Å². The normalized spacial score (nSPS) is 11.7. The molecule has 8 heteroatoms. The van der Waals surface area contributed by atoms with Crippen molar-refractivity contribution in [3.8, 4) is 5.75 Å². The van der Waals surface area contributed by atoms with Crippen molar-refractivity contribution in [1.29, 1.82) is 0 Å². The number of halogens is 1. The summed E-state index contributed by atoms with van der Waals surface area (Å²) in [4.78, 5) is 23.0. The molecule has 1 amide bonds. The number of rotatable bonds is 6. The number of carbonyl (C=O) groups excluding carboxylic acids is 1. The number of aromatic nitrogens is 2. The van der Waals surface area contributed by atoms with Crippen LogP contribution in [0.25, 0.3) is 0 Å². The van der Waals surface area contributed by atoms with Crippen LogP contribution in [-0.2, 0) is 16.6 Å². The highest BCUT2D eigenvalue weighted by atomic mass is 19.1. The minimum absolute atomic E-state index is 0.213. The van der Waals surface area contributed by atoms with Gasteiger partial charge in [0.15, 0.2) is 12.6 Å². The molecule has 2 rings (SSSR count). The molecule has 116 valence electrons. The Morgan fingerprint density at radius 3 is 2.59 bits per heavy atom. The molecule has 0 aliphatic heterocycles. The van der Waals surface area contributed by atoms with Crippen LogP contribution in [0.5, 0.6) is 5.75 Å². The number of carboxylic acid groups (broad SMARTS) is 1. The highest BCUT2D eigenvalue weighted by Gasteiger charge is 2.24. The molecule has 0 fully saturated rings. The summed E-state index contributed by atoms with van der Waals surface area (Å²) in [5, 5.41) is 15.4. The molecule has 0 saturated carbocycles. The first-order chi connectivity index (χ1) is 10.5. The van der Waals surface area contributed by atoms with E-state index < -0.39 is 23.7 Å². The number of hydrogen-bond acceptors (Lipinski definition) is 4. The number of benzene rings is 1. The van der Waals surface area contributed by atoms with Crippen LogP contribution in [-0.4, -0.2) is 33.4 Å². The minimum atomic E-state index is -1.26. The molecule has 2 N–H and O–H groups in total. The first-order valence-electron chi connectivity index (χ1n) is 6.36. The van der Waals surface area contributed by atoms with E-state index in [1.54, 1.807) is 13.2 Å². The Morgan fingerprint density at radius 1 is 1.36 bits per heavy atom. The monoisotopic (exact) mass is 307 g/mol. The van der Waals surface area contributed by atoms with E-state index in [-0.39, 0.29) is 12.3 Å². The molecule has 7 nitrogen and oxygen atoms in total. The predicted molar refractivity (Wildman–Crippen MR) is 73.6 cm³/mol. The number of carboxylic acids is 1. The summed E-state index contributed by atoms with van der Waals surface area (Å²) in [5.74, 6) is -1.96. The van der Waals surface area contributed by atoms with Gasteiger partial charge in [-0.2, -0.15) is 5.10 Å². The zero-order chi connectivity index (χ0) is 16.1. The number of aliphatic carboxylic acids is 1. The molecule has 1 aromatic heterocycles. The van der Waals surface area contributed by atoms with Gasteiger partial charge in [-0.15, -0.1) is 0 Å². The second kappa shape index (κ2) is 6.70. The largest absolute Gasteiger partial charge is 0.484 e. The molecule has 22 heavy (non-hydrogen) atoms. The Bertz CT molecular complexity index is 669. The van der Waals surface area contributed by atoms with Crippen molar-refractivity contribution in [3.05, 3.63) is 48.0 Å². The molecule has 1 unspecified atom stereocenters. The van der Waals surface area contributed by atoms with E-state index in [4.69, 9.17) is 9.84 Å². The number of aryl methyl sites for hydroxylation is 1. The molecule has 2 aromatic rings. The van der Waals surface area contributed by atoms with Gasteiger partial charge in [-0.05, 0) is 30.3 Å². The maximum absolute atomic E-state index is 12.7. The molecule has 0 aliphatic rings. The Balaban J connectivity index is 1.94. The van der Waals surface area contributed by atoms with Crippen molar-refractivity contribution in [2.45, 2.75) is 6.04 Å². The Kier molecular flexibility index (Phi) is 4.72. The van der Waals surface area contributed by atoms with Gasteiger partial charge >= 0.3 is 5.97 Å². The highest BCUT2D eigenvalue weighted by molar-refractivity contribution is 5.84. The number of hydrogen-bond donors (Lipinski definition) is 2. The van der Waals surface area contributed by atoms with Crippen molar-refractivity contribution in [2.75, 3.05) is 6.61 Å². The van der Waals surface area contributed by atoms with Crippen LogP contribution in [0.15, 0.2) is 36.5 Å². The van der Waals surface area contributed by atoms with Crippen molar-refractivity contribution in [1.82, 2.24) is 15.1 Å². The number of carbonyl (C=O) groups is 2. The molecule has 0 radical (unpaired) electrons. The molecule has 1 atom stereocenters. The lowest BCUT2D eigenvalue weighted by molar-refractivity contribution is -0.142. The lowest BCUT2D eigenvalue weighted by Gasteiger charge is -2.13. The van der Waals surface area contributed by atoms with Crippen LogP contribution in [0.4, 0.5) is 4.39 Å². The van der Waals surface area contributed by atoms with Crippen LogP contribution in [0.2, 0.25) is 0 Å². The van der Waals surface area contributed by atoms with Gasteiger partial charge in [-0.3, -0.25) is 9.48 Å². The Hall–Kier alpha value is -2.90. The maximum Gasteiger partial charge on any atom is 0.332 e. The zero-order valence-electron chi connectivity index (χ0n) is 11.7. The van der Waals surface area contributed by atoms with Gasteiger partial charge in [0.25, 0.3) is 5.91 Å². The van der Waals surface area contributed by atoms with Crippen molar-refractivity contribution in [2.24, 2.45) is 7.05 Å². The fourth-order valence-corrected chi connectivity index (χ4v) is 1.73. The predicted octanol–water partition coefficient (Wildman–Crippen LogP) is 0.880. The summed E-state index contributed by atoms with van der Waals surface area (Å²) in [6, 6.07) is 5.37. The molecular formula is C14H14FN3O4. The third-order valence-electron chi connectivity index (χ3n) is 2.77. The number of nitrogens with one attached hydrogen (secondary N) is 1. The smallest absolute Gasteiger partial charge is 0.332 e. The quantitative estimate of drug-likeness (QED) is 0.826. The van der Waals surface area contributed by atoms with Crippen LogP contribution in [0.3, 0.4) is 0 Å². The van der Waals surface area contributed by atoms with E-state index >= 15 is 0 Å². The van der Waals surface area contributed by atoms with Crippen LogP contribution < -0.4 is 10.1 Å². The van der Waals surface area contributed by atoms with Gasteiger partial charge < -0.3 is 15.2 Å². The van der Waals surface area contributed by atoms with Gasteiger partial charge in [0.1, 0.15) is 11.6 Å². The second-order valence-electron chi connectivity index (χ2n) is 4.50. The molecule has 0 bridgehead atoms. The minimum Gasteiger partial charge on any atom is -0.484 e. The third-order valence-corrected chi connectivity index (χ3v) is 2.77. The Morgan fingerprint density at radius 2 is 2.05 bits per heavy atom. The average Bonchev–Trinajstić information content (AvgIpc) is 2.90. The van der Waals surface area contributed by atoms with Gasteiger partial charge in [-0.1, -0.05) is 0 Å². The lowest BCUT2D eigenvalue weighted by atomic mass is 10.2. The summed E-state index contributed by atoms with van der Waals surface area (Å²) < 4.78 is 19.3. The van der Waals surface area contributed by atoms with Crippen LogP contribution >= 0.6 is 0 Å². The van der Waals surface area contributed by atoms with Crippen molar-refractivity contribution < 1.29 is 23.8 Å². The fraction of sp³-hybridized carbons (Fsp3) is 0.214. The Labute approximate surface area is 125 Å². The van der Waals surface area contributed by atoms with Crippen LogP contribution in [0.1, 0.15) is 11.7 Å². The molecule has 0 spiro atoms. The molecule has 1 aromatic carbocycles. The lowest BCUT2D eigenvalue weighted by Crippen LogP contribution is -2.37. The van der Waals surface area contributed by atoms with Gasteiger partial charge in [0.05, 0.1) is 5.69 Å². The van der Waals surface area contributed by atoms with Gasteiger partial charge in [-0.25, -0.2) is 9.18 Å². The SMILES string of the molecule is Cn1ccc(C(NC(=O)COc2ccc(F)cc2)C(=O)O)n1. The molecule has 0 saturated heterocycles. The fourth-order valence-electron chi connectivity index (χ4n) is 1.73. The third kappa shape index (κ3) is 4.05. The highest BCUT2D eigenvalue weighted by Crippen LogP contribution is 2.12. The maximum atomic E-state index is 12.7. The first kappa shape index (κ1) is 15.5. The molecule has 0 aliphatic carbocycles. The van der Waals surface area contributed by atoms with E-state index in [1.807, 2.05) is 0 Å².